The van der Waals surface area contributed by atoms with E-state index in [4.69, 9.17) is 0 Å². The Labute approximate surface area is 222 Å². The van der Waals surface area contributed by atoms with Crippen LogP contribution in [0, 0.1) is 52.3 Å². The van der Waals surface area contributed by atoms with Crippen molar-refractivity contribution in [2.75, 3.05) is 0 Å². The third kappa shape index (κ3) is 6.91. The molecular weight excluding hydrogens is 420 g/mol. The minimum absolute atomic E-state index is 0.677. The first-order valence-corrected chi connectivity index (χ1v) is 16.8. The topological polar surface area (TPSA) is 0 Å². The number of rotatable bonds is 10. The molecule has 4 fully saturated rings. The van der Waals surface area contributed by atoms with Gasteiger partial charge < -0.3 is 0 Å². The van der Waals surface area contributed by atoms with Gasteiger partial charge in [-0.25, -0.2) is 0 Å². The van der Waals surface area contributed by atoms with Gasteiger partial charge in [-0.2, -0.15) is 0 Å². The van der Waals surface area contributed by atoms with Gasteiger partial charge in [0.25, 0.3) is 0 Å². The van der Waals surface area contributed by atoms with E-state index in [2.05, 4.69) is 48.5 Å². The highest BCUT2D eigenvalue weighted by Crippen LogP contribution is 2.68. The summed E-state index contributed by atoms with van der Waals surface area (Å²) in [6, 6.07) is 0. The zero-order valence-corrected chi connectivity index (χ0v) is 25.5. The molecule has 0 radical (unpaired) electrons. The standard InChI is InChI=1S/C27H48.C8H18/c1-19(2)9-8-10-20(3)23-14-15-24-22-13-12-21-11-6-7-17-26(21,4)25(22)16-18-27(23,24)5;1-3-5-7-8-6-4-2/h19-25H,6-18H2,1-5H3;3-8H2,1-2H3/t20-,21?,22+,23-,24+,25+,26+,27-;/m1./s1. The molecule has 4 aliphatic rings. The Kier molecular flexibility index (Phi) is 11.6. The molecule has 0 heterocycles. The molecule has 0 heteroatoms. The summed E-state index contributed by atoms with van der Waals surface area (Å²) in [5.41, 5.74) is 1.39. The van der Waals surface area contributed by atoms with Crippen LogP contribution < -0.4 is 0 Å². The van der Waals surface area contributed by atoms with E-state index in [-0.39, 0.29) is 0 Å². The Morgan fingerprint density at radius 1 is 0.629 bits per heavy atom. The van der Waals surface area contributed by atoms with Crippen LogP contribution in [-0.4, -0.2) is 0 Å². The van der Waals surface area contributed by atoms with E-state index in [1.165, 1.54) is 70.6 Å². The minimum Gasteiger partial charge on any atom is -0.0654 e. The van der Waals surface area contributed by atoms with E-state index >= 15 is 0 Å². The first kappa shape index (κ1) is 29.6. The average Bonchev–Trinajstić information content (AvgIpc) is 3.19. The fraction of sp³-hybridized carbons (Fsp3) is 1.00. The summed E-state index contributed by atoms with van der Waals surface area (Å²) < 4.78 is 0. The predicted molar refractivity (Wildman–Crippen MR) is 157 cm³/mol. The van der Waals surface area contributed by atoms with Crippen molar-refractivity contribution < 1.29 is 0 Å². The molecule has 35 heavy (non-hydrogen) atoms. The summed E-state index contributed by atoms with van der Waals surface area (Å²) in [5, 5.41) is 0. The number of hydrogen-bond donors (Lipinski definition) is 0. The van der Waals surface area contributed by atoms with Gasteiger partial charge in [-0.1, -0.05) is 119 Å². The first-order valence-electron chi connectivity index (χ1n) is 16.8. The van der Waals surface area contributed by atoms with Gasteiger partial charge in [-0.15, -0.1) is 0 Å². The Morgan fingerprint density at radius 3 is 1.97 bits per heavy atom. The van der Waals surface area contributed by atoms with Crippen molar-refractivity contribution in [1.82, 2.24) is 0 Å². The van der Waals surface area contributed by atoms with Gasteiger partial charge in [0, 0.05) is 0 Å². The fourth-order valence-corrected chi connectivity index (χ4v) is 10.2. The summed E-state index contributed by atoms with van der Waals surface area (Å²) in [5.74, 6) is 7.15. The monoisotopic (exact) mass is 487 g/mol. The zero-order valence-electron chi connectivity index (χ0n) is 25.5. The van der Waals surface area contributed by atoms with Crippen molar-refractivity contribution in [3.63, 3.8) is 0 Å². The van der Waals surface area contributed by atoms with Crippen molar-refractivity contribution in [2.24, 2.45) is 52.3 Å². The van der Waals surface area contributed by atoms with Crippen molar-refractivity contribution >= 4 is 0 Å². The molecule has 0 saturated heterocycles. The second-order valence-corrected chi connectivity index (χ2v) is 14.8. The Morgan fingerprint density at radius 2 is 1.31 bits per heavy atom. The van der Waals surface area contributed by atoms with Crippen LogP contribution in [0.5, 0.6) is 0 Å². The number of hydrogen-bond acceptors (Lipinski definition) is 0. The van der Waals surface area contributed by atoms with Crippen molar-refractivity contribution in [2.45, 2.75) is 170 Å². The Hall–Kier alpha value is 0. The molecule has 4 rings (SSSR count). The normalized spacial score (nSPS) is 39.3. The molecule has 8 atom stereocenters. The lowest BCUT2D eigenvalue weighted by Gasteiger charge is -2.61. The maximum Gasteiger partial charge on any atom is -0.0264 e. The van der Waals surface area contributed by atoms with Gasteiger partial charge in [0.15, 0.2) is 0 Å². The van der Waals surface area contributed by atoms with Crippen LogP contribution in [0.1, 0.15) is 170 Å². The SMILES string of the molecule is CC(C)CCC[C@@H](C)[C@H]1CC[C@H]2[C@@H]3CCC4CCCC[C@]4(C)[C@H]3CC[C@]12C.CCCCCCCC. The number of fused-ring (bicyclic) bond motifs is 5. The third-order valence-electron chi connectivity index (χ3n) is 12.2. The highest BCUT2D eigenvalue weighted by atomic mass is 14.6. The summed E-state index contributed by atoms with van der Waals surface area (Å²) in [4.78, 5) is 0. The van der Waals surface area contributed by atoms with Crippen LogP contribution >= 0.6 is 0 Å². The first-order chi connectivity index (χ1) is 16.8. The van der Waals surface area contributed by atoms with Gasteiger partial charge >= 0.3 is 0 Å². The van der Waals surface area contributed by atoms with Gasteiger partial charge in [0.2, 0.25) is 0 Å². The van der Waals surface area contributed by atoms with Crippen LogP contribution in [0.2, 0.25) is 0 Å². The van der Waals surface area contributed by atoms with E-state index in [0.29, 0.717) is 10.8 Å². The lowest BCUT2D eigenvalue weighted by Crippen LogP contribution is -2.53. The third-order valence-corrected chi connectivity index (χ3v) is 12.2. The molecule has 0 N–H and O–H groups in total. The lowest BCUT2D eigenvalue weighted by atomic mass is 9.44. The maximum atomic E-state index is 2.75. The van der Waals surface area contributed by atoms with Gasteiger partial charge in [-0.05, 0) is 104 Å². The van der Waals surface area contributed by atoms with Gasteiger partial charge in [0.05, 0.1) is 0 Å². The molecule has 0 nitrogen and oxygen atoms in total. The molecule has 1 unspecified atom stereocenters. The Balaban J connectivity index is 0.000000371. The zero-order chi connectivity index (χ0) is 25.5. The molecular formula is C35H66. The van der Waals surface area contributed by atoms with E-state index in [9.17, 15) is 0 Å². The minimum atomic E-state index is 0.677. The van der Waals surface area contributed by atoms with Crippen LogP contribution in [0.4, 0.5) is 0 Å². The van der Waals surface area contributed by atoms with E-state index in [1.54, 1.807) is 51.4 Å². The second kappa shape index (κ2) is 13.7. The molecule has 0 bridgehead atoms. The quantitative estimate of drug-likeness (QED) is 0.269. The van der Waals surface area contributed by atoms with E-state index in [0.717, 1.165) is 41.4 Å². The van der Waals surface area contributed by atoms with Crippen LogP contribution in [0.25, 0.3) is 0 Å². The highest BCUT2D eigenvalue weighted by molar-refractivity contribution is 5.09. The van der Waals surface area contributed by atoms with Crippen molar-refractivity contribution in [1.29, 1.82) is 0 Å². The fourth-order valence-electron chi connectivity index (χ4n) is 10.2. The summed E-state index contributed by atoms with van der Waals surface area (Å²) >= 11 is 0. The average molecular weight is 487 g/mol. The maximum absolute atomic E-state index is 2.75. The molecule has 0 aromatic carbocycles. The molecule has 4 aliphatic carbocycles. The molecule has 0 spiro atoms. The molecule has 0 aromatic heterocycles. The number of unbranched alkanes of at least 4 members (excludes halogenated alkanes) is 5. The lowest BCUT2D eigenvalue weighted by molar-refractivity contribution is -0.114. The predicted octanol–water partition coefficient (Wildman–Crippen LogP) is 11.9. The van der Waals surface area contributed by atoms with Gasteiger partial charge in [-0.3, -0.25) is 0 Å². The summed E-state index contributed by atoms with van der Waals surface area (Å²) in [6.07, 6.45) is 28.4. The second-order valence-electron chi connectivity index (χ2n) is 14.8. The largest absolute Gasteiger partial charge is 0.0654 e. The smallest absolute Gasteiger partial charge is 0.0264 e. The summed E-state index contributed by atoms with van der Waals surface area (Å²) in [7, 11) is 0. The summed E-state index contributed by atoms with van der Waals surface area (Å²) in [6.45, 7) is 17.4. The van der Waals surface area contributed by atoms with E-state index in [1.807, 2.05) is 0 Å². The van der Waals surface area contributed by atoms with Gasteiger partial charge in [0.1, 0.15) is 0 Å². The Bertz CT molecular complexity index is 585. The molecule has 0 amide bonds. The molecule has 0 aliphatic heterocycles. The van der Waals surface area contributed by atoms with Crippen LogP contribution in [0.15, 0.2) is 0 Å². The van der Waals surface area contributed by atoms with E-state index < -0.39 is 0 Å². The van der Waals surface area contributed by atoms with Crippen LogP contribution in [-0.2, 0) is 0 Å². The van der Waals surface area contributed by atoms with Crippen LogP contribution in [0.3, 0.4) is 0 Å². The highest BCUT2D eigenvalue weighted by Gasteiger charge is 2.59. The van der Waals surface area contributed by atoms with Crippen molar-refractivity contribution in [3.05, 3.63) is 0 Å². The molecule has 0 aromatic rings. The van der Waals surface area contributed by atoms with Crippen molar-refractivity contribution in [3.8, 4) is 0 Å². The molecule has 4 saturated carbocycles. The molecule has 206 valence electrons.